The Bertz CT molecular complexity index is 738. The van der Waals surface area contributed by atoms with Crippen molar-refractivity contribution in [1.29, 1.82) is 0 Å². The van der Waals surface area contributed by atoms with Gasteiger partial charge in [0.1, 0.15) is 6.04 Å². The molecule has 132 valence electrons. The van der Waals surface area contributed by atoms with Crippen LogP contribution in [0, 0.1) is 0 Å². The van der Waals surface area contributed by atoms with Gasteiger partial charge in [-0.3, -0.25) is 4.79 Å². The molecule has 8 nitrogen and oxygen atoms in total. The molecule has 0 spiro atoms. The van der Waals surface area contributed by atoms with Gasteiger partial charge in [0.25, 0.3) is 5.91 Å². The van der Waals surface area contributed by atoms with Crippen LogP contribution in [0.5, 0.6) is 17.2 Å². The summed E-state index contributed by atoms with van der Waals surface area (Å²) in [5, 5.41) is 0. The number of methoxy groups -OCH3 is 3. The summed E-state index contributed by atoms with van der Waals surface area (Å²) in [4.78, 5) is 12.7. The summed E-state index contributed by atoms with van der Waals surface area (Å²) in [6.07, 6.45) is 2.14. The Balaban J connectivity index is 2.13. The van der Waals surface area contributed by atoms with Crippen LogP contribution in [0.3, 0.4) is 0 Å². The van der Waals surface area contributed by atoms with Gasteiger partial charge in [0.15, 0.2) is 11.5 Å². The molecular formula is C15H20N2O6S. The number of benzene rings is 1. The molecule has 1 aromatic carbocycles. The van der Waals surface area contributed by atoms with Crippen molar-refractivity contribution in [2.45, 2.75) is 25.3 Å². The smallest absolute Gasteiger partial charge is 0.311 e. The number of hydrogen-bond acceptors (Lipinski definition) is 6. The van der Waals surface area contributed by atoms with E-state index in [1.165, 1.54) is 37.8 Å². The molecule has 2 aliphatic heterocycles. The molecule has 2 aliphatic rings. The van der Waals surface area contributed by atoms with Crippen molar-refractivity contribution in [1.82, 2.24) is 4.31 Å². The minimum Gasteiger partial charge on any atom is -0.493 e. The third kappa shape index (κ3) is 2.39. The van der Waals surface area contributed by atoms with E-state index in [-0.39, 0.29) is 5.69 Å². The topological polar surface area (TPSA) is 85.4 Å². The molecule has 0 saturated carbocycles. The Morgan fingerprint density at radius 3 is 2.17 bits per heavy atom. The van der Waals surface area contributed by atoms with Crippen LogP contribution in [-0.4, -0.2) is 52.5 Å². The monoisotopic (exact) mass is 356 g/mol. The predicted octanol–water partition coefficient (Wildman–Crippen LogP) is 1.16. The highest BCUT2D eigenvalue weighted by Gasteiger charge is 2.52. The second kappa shape index (κ2) is 6.14. The highest BCUT2D eigenvalue weighted by molar-refractivity contribution is 7.91. The normalized spacial score (nSPS) is 23.0. The molecule has 0 aromatic heterocycles. The van der Waals surface area contributed by atoms with Gasteiger partial charge in [-0.1, -0.05) is 6.42 Å². The number of piperidine rings is 1. The van der Waals surface area contributed by atoms with Crippen molar-refractivity contribution >= 4 is 21.8 Å². The van der Waals surface area contributed by atoms with Crippen molar-refractivity contribution < 1.29 is 27.4 Å². The van der Waals surface area contributed by atoms with Crippen LogP contribution in [0.2, 0.25) is 0 Å². The summed E-state index contributed by atoms with van der Waals surface area (Å²) in [5.74, 6) is 0.480. The predicted molar refractivity (Wildman–Crippen MR) is 86.8 cm³/mol. The lowest BCUT2D eigenvalue weighted by atomic mass is 10.0. The van der Waals surface area contributed by atoms with Gasteiger partial charge < -0.3 is 14.2 Å². The minimum absolute atomic E-state index is 0.184. The van der Waals surface area contributed by atoms with Crippen molar-refractivity contribution in [3.8, 4) is 17.2 Å². The first-order valence-corrected chi connectivity index (χ1v) is 9.01. The Morgan fingerprint density at radius 2 is 1.67 bits per heavy atom. The van der Waals surface area contributed by atoms with E-state index in [1.807, 2.05) is 0 Å². The van der Waals surface area contributed by atoms with E-state index >= 15 is 0 Å². The Hall–Kier alpha value is -2.00. The molecule has 0 radical (unpaired) electrons. The van der Waals surface area contributed by atoms with Crippen LogP contribution in [0.25, 0.3) is 0 Å². The highest BCUT2D eigenvalue weighted by Crippen LogP contribution is 2.44. The first kappa shape index (κ1) is 16.8. The zero-order valence-electron chi connectivity index (χ0n) is 13.8. The maximum atomic E-state index is 12.8. The number of ether oxygens (including phenoxy) is 3. The van der Waals surface area contributed by atoms with E-state index in [2.05, 4.69) is 0 Å². The molecule has 1 atom stereocenters. The molecule has 0 N–H and O–H groups in total. The summed E-state index contributed by atoms with van der Waals surface area (Å²) < 4.78 is 43.5. The second-order valence-corrected chi connectivity index (χ2v) is 7.35. The maximum Gasteiger partial charge on any atom is 0.311 e. The van der Waals surface area contributed by atoms with E-state index in [1.54, 1.807) is 0 Å². The molecule has 1 amide bonds. The van der Waals surface area contributed by atoms with Crippen LogP contribution >= 0.6 is 0 Å². The number of carbonyl (C=O) groups excluding carboxylic acids is 1. The molecule has 2 saturated heterocycles. The second-order valence-electron chi connectivity index (χ2n) is 5.62. The number of hydrogen-bond donors (Lipinski definition) is 0. The number of rotatable bonds is 4. The summed E-state index contributed by atoms with van der Waals surface area (Å²) >= 11 is 0. The standard InChI is InChI=1S/C15H20N2O6S/c1-21-12-8-10(9-13(22-2)14(12)23-3)17-15(18)11-6-4-5-7-16(11)24(17,19)20/h8-9,11H,4-7H2,1-3H3/t11-/m0/s1. The van der Waals surface area contributed by atoms with E-state index in [9.17, 15) is 13.2 Å². The van der Waals surface area contributed by atoms with Gasteiger partial charge >= 0.3 is 10.2 Å². The van der Waals surface area contributed by atoms with Gasteiger partial charge in [-0.2, -0.15) is 17.0 Å². The molecule has 24 heavy (non-hydrogen) atoms. The molecule has 3 rings (SSSR count). The number of anilines is 1. The zero-order valence-corrected chi connectivity index (χ0v) is 14.6. The maximum absolute atomic E-state index is 12.8. The van der Waals surface area contributed by atoms with Gasteiger partial charge in [-0.05, 0) is 12.8 Å². The third-order valence-electron chi connectivity index (χ3n) is 4.35. The van der Waals surface area contributed by atoms with Crippen LogP contribution < -0.4 is 18.5 Å². The summed E-state index contributed by atoms with van der Waals surface area (Å²) in [5.41, 5.74) is 0.184. The summed E-state index contributed by atoms with van der Waals surface area (Å²) in [6, 6.07) is 2.31. The number of nitrogens with zero attached hydrogens (tertiary/aromatic N) is 2. The number of amides is 1. The number of fused-ring (bicyclic) bond motifs is 1. The SMILES string of the molecule is COc1cc(N2C(=O)[C@@H]3CCCCN3S2(=O)=O)cc(OC)c1OC. The molecule has 1 aromatic rings. The molecule has 2 fully saturated rings. The van der Waals surface area contributed by atoms with E-state index in [4.69, 9.17) is 14.2 Å². The quantitative estimate of drug-likeness (QED) is 0.805. The Morgan fingerprint density at radius 1 is 1.04 bits per heavy atom. The van der Waals surface area contributed by atoms with Crippen molar-refractivity contribution in [3.05, 3.63) is 12.1 Å². The van der Waals surface area contributed by atoms with Crippen LogP contribution in [-0.2, 0) is 15.0 Å². The Kier molecular flexibility index (Phi) is 4.31. The minimum atomic E-state index is -3.89. The van der Waals surface area contributed by atoms with Crippen molar-refractivity contribution in [3.63, 3.8) is 0 Å². The lowest BCUT2D eigenvalue weighted by molar-refractivity contribution is -0.120. The first-order chi connectivity index (χ1) is 11.5. The average molecular weight is 356 g/mol. The largest absolute Gasteiger partial charge is 0.493 e. The lowest BCUT2D eigenvalue weighted by Gasteiger charge is -2.24. The van der Waals surface area contributed by atoms with Crippen LogP contribution in [0.1, 0.15) is 19.3 Å². The van der Waals surface area contributed by atoms with Gasteiger partial charge in [0, 0.05) is 18.7 Å². The summed E-state index contributed by atoms with van der Waals surface area (Å²) in [6.45, 7) is 0.361. The average Bonchev–Trinajstić information content (AvgIpc) is 2.80. The molecule has 9 heteroatoms. The van der Waals surface area contributed by atoms with Gasteiger partial charge in [-0.25, -0.2) is 0 Å². The third-order valence-corrected chi connectivity index (χ3v) is 6.23. The fourth-order valence-electron chi connectivity index (χ4n) is 3.23. The molecular weight excluding hydrogens is 336 g/mol. The van der Waals surface area contributed by atoms with Crippen LogP contribution in [0.15, 0.2) is 12.1 Å². The first-order valence-electron chi connectivity index (χ1n) is 7.61. The van der Waals surface area contributed by atoms with Crippen molar-refractivity contribution in [2.75, 3.05) is 32.2 Å². The van der Waals surface area contributed by atoms with Gasteiger partial charge in [-0.15, -0.1) is 0 Å². The fourth-order valence-corrected chi connectivity index (χ4v) is 5.03. The number of carbonyl (C=O) groups is 1. The fraction of sp³-hybridized carbons (Fsp3) is 0.533. The Labute approximate surface area is 141 Å². The molecule has 0 aliphatic carbocycles. The highest BCUT2D eigenvalue weighted by atomic mass is 32.2. The van der Waals surface area contributed by atoms with Crippen molar-refractivity contribution in [2.24, 2.45) is 0 Å². The van der Waals surface area contributed by atoms with Gasteiger partial charge in [0.2, 0.25) is 5.75 Å². The van der Waals surface area contributed by atoms with E-state index in [0.29, 0.717) is 30.2 Å². The van der Waals surface area contributed by atoms with E-state index in [0.717, 1.165) is 17.1 Å². The molecule has 0 unspecified atom stereocenters. The summed E-state index contributed by atoms with van der Waals surface area (Å²) in [7, 11) is 0.432. The molecule has 2 heterocycles. The lowest BCUT2D eigenvalue weighted by Crippen LogP contribution is -2.39. The zero-order chi connectivity index (χ0) is 17.5. The molecule has 0 bridgehead atoms. The van der Waals surface area contributed by atoms with Gasteiger partial charge in [0.05, 0.1) is 27.0 Å². The van der Waals surface area contributed by atoms with Crippen LogP contribution in [0.4, 0.5) is 5.69 Å². The van der Waals surface area contributed by atoms with E-state index < -0.39 is 22.2 Å².